The molecule has 1 atom stereocenters. The topological polar surface area (TPSA) is 103 Å². The summed E-state index contributed by atoms with van der Waals surface area (Å²) >= 11 is 0. The number of hydrazine groups is 1. The Labute approximate surface area is 115 Å². The molecule has 1 aromatic carbocycles. The van der Waals surface area contributed by atoms with E-state index in [9.17, 15) is 10.1 Å². The fourth-order valence-corrected chi connectivity index (χ4v) is 1.70. The summed E-state index contributed by atoms with van der Waals surface area (Å²) in [6.07, 6.45) is -0.281. The Morgan fingerprint density at radius 3 is 2.65 bits per heavy atom. The van der Waals surface area contributed by atoms with E-state index in [1.807, 2.05) is 37.3 Å². The van der Waals surface area contributed by atoms with E-state index >= 15 is 0 Å². The average Bonchev–Trinajstić information content (AvgIpc) is 2.47. The minimum Gasteiger partial charge on any atom is -0.470 e. The Kier molecular flexibility index (Phi) is 4.11. The van der Waals surface area contributed by atoms with E-state index in [0.29, 0.717) is 0 Å². The number of nitrogens with zero attached hydrogens (tertiary/aromatic N) is 2. The number of anilines is 1. The molecule has 1 heterocycles. The van der Waals surface area contributed by atoms with E-state index < -0.39 is 4.92 Å². The number of ether oxygens (including phenoxy) is 1. The molecule has 0 spiro atoms. The second-order valence-corrected chi connectivity index (χ2v) is 4.12. The van der Waals surface area contributed by atoms with Crippen LogP contribution < -0.4 is 16.0 Å². The first kappa shape index (κ1) is 13.8. The van der Waals surface area contributed by atoms with Crippen LogP contribution in [0.5, 0.6) is 5.88 Å². The highest BCUT2D eigenvalue weighted by Crippen LogP contribution is 2.25. The van der Waals surface area contributed by atoms with E-state index in [0.717, 1.165) is 5.56 Å². The van der Waals surface area contributed by atoms with Crippen LogP contribution in [-0.4, -0.2) is 9.91 Å². The molecule has 0 radical (unpaired) electrons. The molecule has 0 saturated heterocycles. The van der Waals surface area contributed by atoms with Crippen molar-refractivity contribution in [1.82, 2.24) is 4.98 Å². The third-order valence-corrected chi connectivity index (χ3v) is 2.71. The highest BCUT2D eigenvalue weighted by atomic mass is 16.6. The quantitative estimate of drug-likeness (QED) is 0.493. The van der Waals surface area contributed by atoms with Gasteiger partial charge < -0.3 is 10.2 Å². The fraction of sp³-hybridized carbons (Fsp3) is 0.154. The smallest absolute Gasteiger partial charge is 0.278 e. The number of nitro groups is 1. The lowest BCUT2D eigenvalue weighted by Crippen LogP contribution is -2.11. The van der Waals surface area contributed by atoms with Crippen molar-refractivity contribution >= 4 is 11.5 Å². The summed E-state index contributed by atoms with van der Waals surface area (Å²) < 4.78 is 5.62. The molecule has 20 heavy (non-hydrogen) atoms. The Balaban J connectivity index is 2.24. The van der Waals surface area contributed by atoms with Gasteiger partial charge in [0.15, 0.2) is 5.82 Å². The van der Waals surface area contributed by atoms with Gasteiger partial charge in [-0.3, -0.25) is 10.1 Å². The molecule has 0 amide bonds. The van der Waals surface area contributed by atoms with Crippen molar-refractivity contribution in [2.75, 3.05) is 5.43 Å². The molecular weight excluding hydrogens is 260 g/mol. The van der Waals surface area contributed by atoms with Crippen LogP contribution in [0, 0.1) is 10.1 Å². The molecule has 0 fully saturated rings. The summed E-state index contributed by atoms with van der Waals surface area (Å²) in [6.45, 7) is 1.84. The van der Waals surface area contributed by atoms with Crippen molar-refractivity contribution in [1.29, 1.82) is 0 Å². The van der Waals surface area contributed by atoms with Crippen LogP contribution in [0.25, 0.3) is 0 Å². The maximum Gasteiger partial charge on any atom is 0.278 e. The normalized spacial score (nSPS) is 11.7. The van der Waals surface area contributed by atoms with Crippen LogP contribution >= 0.6 is 0 Å². The lowest BCUT2D eigenvalue weighted by atomic mass is 10.1. The van der Waals surface area contributed by atoms with Gasteiger partial charge in [0.2, 0.25) is 5.88 Å². The third-order valence-electron chi connectivity index (χ3n) is 2.71. The molecule has 1 aromatic heterocycles. The number of aromatic nitrogens is 1. The van der Waals surface area contributed by atoms with Crippen LogP contribution in [0.15, 0.2) is 42.5 Å². The Bertz CT molecular complexity index is 604. The van der Waals surface area contributed by atoms with Crippen molar-refractivity contribution in [2.45, 2.75) is 13.0 Å². The van der Waals surface area contributed by atoms with Gasteiger partial charge in [-0.1, -0.05) is 30.3 Å². The third kappa shape index (κ3) is 3.21. The number of pyridine rings is 1. The monoisotopic (exact) mass is 274 g/mol. The molecule has 0 bridgehead atoms. The van der Waals surface area contributed by atoms with E-state index in [4.69, 9.17) is 10.6 Å². The lowest BCUT2D eigenvalue weighted by Gasteiger charge is -2.14. The molecule has 2 rings (SSSR count). The van der Waals surface area contributed by atoms with Crippen LogP contribution in [0.2, 0.25) is 0 Å². The molecule has 0 aliphatic carbocycles. The molecule has 7 heteroatoms. The van der Waals surface area contributed by atoms with Crippen LogP contribution in [0.3, 0.4) is 0 Å². The van der Waals surface area contributed by atoms with Gasteiger partial charge in [-0.25, -0.2) is 5.84 Å². The molecule has 7 nitrogen and oxygen atoms in total. The van der Waals surface area contributed by atoms with Gasteiger partial charge in [0, 0.05) is 0 Å². The minimum absolute atomic E-state index is 0.136. The number of benzene rings is 1. The highest BCUT2D eigenvalue weighted by molar-refractivity contribution is 5.47. The van der Waals surface area contributed by atoms with E-state index in [1.54, 1.807) is 0 Å². The molecule has 0 saturated carbocycles. The summed E-state index contributed by atoms with van der Waals surface area (Å²) in [7, 11) is 0. The largest absolute Gasteiger partial charge is 0.470 e. The zero-order valence-corrected chi connectivity index (χ0v) is 10.8. The molecule has 0 aliphatic rings. The predicted molar refractivity (Wildman–Crippen MR) is 74.2 cm³/mol. The number of nitrogens with two attached hydrogens (primary N) is 1. The molecule has 2 aromatic rings. The van der Waals surface area contributed by atoms with E-state index in [-0.39, 0.29) is 23.5 Å². The van der Waals surface area contributed by atoms with Crippen molar-refractivity contribution in [3.8, 4) is 5.88 Å². The Morgan fingerprint density at radius 1 is 1.35 bits per heavy atom. The van der Waals surface area contributed by atoms with Gasteiger partial charge in [0.05, 0.1) is 17.1 Å². The maximum absolute atomic E-state index is 10.8. The van der Waals surface area contributed by atoms with Crippen molar-refractivity contribution in [3.63, 3.8) is 0 Å². The van der Waals surface area contributed by atoms with Crippen molar-refractivity contribution in [2.24, 2.45) is 5.84 Å². The number of nitrogens with one attached hydrogen (secondary N) is 1. The summed E-state index contributed by atoms with van der Waals surface area (Å²) in [5.41, 5.74) is 3.09. The molecule has 104 valence electrons. The van der Waals surface area contributed by atoms with Crippen molar-refractivity contribution < 1.29 is 9.66 Å². The zero-order valence-electron chi connectivity index (χ0n) is 10.8. The van der Waals surface area contributed by atoms with Gasteiger partial charge in [-0.2, -0.15) is 4.98 Å². The first-order valence-corrected chi connectivity index (χ1v) is 5.95. The molecular formula is C13H14N4O3. The highest BCUT2D eigenvalue weighted by Gasteiger charge is 2.14. The van der Waals surface area contributed by atoms with Gasteiger partial charge >= 0.3 is 0 Å². The summed E-state index contributed by atoms with van der Waals surface area (Å²) in [4.78, 5) is 14.3. The summed E-state index contributed by atoms with van der Waals surface area (Å²) in [5, 5.41) is 10.8. The first-order chi connectivity index (χ1) is 9.60. The van der Waals surface area contributed by atoms with E-state index in [1.165, 1.54) is 12.1 Å². The Hall–Kier alpha value is -2.67. The number of nitrogen functional groups attached to an aromatic ring is 1. The zero-order chi connectivity index (χ0) is 14.5. The van der Waals surface area contributed by atoms with Gasteiger partial charge in [0.25, 0.3) is 5.69 Å². The fourth-order valence-electron chi connectivity index (χ4n) is 1.70. The summed E-state index contributed by atoms with van der Waals surface area (Å²) in [6, 6.07) is 12.0. The van der Waals surface area contributed by atoms with Crippen molar-refractivity contribution in [3.05, 3.63) is 58.1 Å². The number of rotatable bonds is 5. The van der Waals surface area contributed by atoms with Crippen LogP contribution in [0.1, 0.15) is 18.6 Å². The number of hydrogen-bond donors (Lipinski definition) is 2. The Morgan fingerprint density at radius 2 is 2.05 bits per heavy atom. The average molecular weight is 274 g/mol. The van der Waals surface area contributed by atoms with E-state index in [2.05, 4.69) is 10.4 Å². The minimum atomic E-state index is -0.525. The molecule has 3 N–H and O–H groups in total. The molecule has 1 unspecified atom stereocenters. The summed E-state index contributed by atoms with van der Waals surface area (Å²) in [5.74, 6) is 5.56. The maximum atomic E-state index is 10.8. The lowest BCUT2D eigenvalue weighted by molar-refractivity contribution is -0.384. The first-order valence-electron chi connectivity index (χ1n) is 5.95. The number of hydrogen-bond acceptors (Lipinski definition) is 6. The van der Waals surface area contributed by atoms with Crippen LogP contribution in [-0.2, 0) is 0 Å². The van der Waals surface area contributed by atoms with Gasteiger partial charge in [-0.15, -0.1) is 0 Å². The second kappa shape index (κ2) is 5.98. The van der Waals surface area contributed by atoms with Crippen LogP contribution in [0.4, 0.5) is 11.5 Å². The SMILES string of the molecule is CC(Oc1cc([N+](=O)[O-])cc(NN)n1)c1ccccc1. The van der Waals surface area contributed by atoms with Gasteiger partial charge in [0.1, 0.15) is 6.10 Å². The van der Waals surface area contributed by atoms with Gasteiger partial charge in [-0.05, 0) is 12.5 Å². The second-order valence-electron chi connectivity index (χ2n) is 4.12. The standard InChI is InChI=1S/C13H14N4O3/c1-9(10-5-3-2-4-6-10)20-13-8-11(17(18)19)7-12(15-13)16-14/h2-9H,14H2,1H3,(H,15,16). The predicted octanol–water partition coefficient (Wildman–Crippen LogP) is 2.42. The molecule has 0 aliphatic heterocycles.